The smallest absolute Gasteiger partial charge is 0.274 e. The molecule has 1 N–H and O–H groups in total. The lowest BCUT2D eigenvalue weighted by atomic mass is 10.2. The Balaban J connectivity index is 2.34. The molecule has 0 atom stereocenters. The Morgan fingerprint density at radius 3 is 2.62 bits per heavy atom. The fraction of sp³-hybridized carbons (Fsp3) is 0.333. The zero-order valence-corrected chi connectivity index (χ0v) is 9.47. The molecule has 2 aromatic rings. The molecule has 1 aromatic heterocycles. The summed E-state index contributed by atoms with van der Waals surface area (Å²) in [5, 5.41) is 6.53. The number of hydrogen-bond acceptors (Lipinski definition) is 2. The van der Waals surface area contributed by atoms with Gasteiger partial charge in [0.25, 0.3) is 0 Å². The predicted octanol–water partition coefficient (Wildman–Crippen LogP) is 1.74. The van der Waals surface area contributed by atoms with Crippen molar-refractivity contribution in [3.05, 3.63) is 52.2 Å². The van der Waals surface area contributed by atoms with Gasteiger partial charge in [-0.1, -0.05) is 44.2 Å². The Bertz CT molecular complexity index is 511. The second-order valence-electron chi connectivity index (χ2n) is 4.11. The first-order chi connectivity index (χ1) is 7.68. The van der Waals surface area contributed by atoms with E-state index in [2.05, 4.69) is 10.2 Å². The maximum Gasteiger partial charge on any atom is 0.343 e. The van der Waals surface area contributed by atoms with Crippen molar-refractivity contribution in [2.45, 2.75) is 26.3 Å². The van der Waals surface area contributed by atoms with Crippen LogP contribution < -0.4 is 5.69 Å². The Kier molecular flexibility index (Phi) is 2.90. The molecule has 0 bridgehead atoms. The lowest BCUT2D eigenvalue weighted by Gasteiger charge is -2.07. The van der Waals surface area contributed by atoms with Gasteiger partial charge in [0.05, 0.1) is 6.54 Å². The van der Waals surface area contributed by atoms with Crippen molar-refractivity contribution in [1.29, 1.82) is 0 Å². The topological polar surface area (TPSA) is 50.7 Å². The van der Waals surface area contributed by atoms with Gasteiger partial charge in [-0.05, 0) is 5.56 Å². The SMILES string of the molecule is CC(C)c1n[nH]c(=O)n1Cc1ccccc1. The fourth-order valence-corrected chi connectivity index (χ4v) is 1.69. The second kappa shape index (κ2) is 4.35. The third-order valence-corrected chi connectivity index (χ3v) is 2.49. The number of nitrogens with one attached hydrogen (secondary N) is 1. The molecule has 0 aliphatic carbocycles. The molecule has 4 heteroatoms. The molecular formula is C12H15N3O. The van der Waals surface area contributed by atoms with E-state index in [1.807, 2.05) is 44.2 Å². The number of H-pyrrole nitrogens is 1. The van der Waals surface area contributed by atoms with E-state index >= 15 is 0 Å². The van der Waals surface area contributed by atoms with E-state index < -0.39 is 0 Å². The molecule has 0 saturated carbocycles. The standard InChI is InChI=1S/C12H15N3O/c1-9(2)11-13-14-12(16)15(11)8-10-6-4-3-5-7-10/h3-7,9H,8H2,1-2H3,(H,14,16). The summed E-state index contributed by atoms with van der Waals surface area (Å²) in [6.45, 7) is 4.62. The monoisotopic (exact) mass is 217 g/mol. The van der Waals surface area contributed by atoms with Crippen molar-refractivity contribution in [3.8, 4) is 0 Å². The van der Waals surface area contributed by atoms with Crippen LogP contribution in [0.4, 0.5) is 0 Å². The van der Waals surface area contributed by atoms with Crippen molar-refractivity contribution < 1.29 is 0 Å². The van der Waals surface area contributed by atoms with Crippen LogP contribution in [0.1, 0.15) is 31.2 Å². The second-order valence-corrected chi connectivity index (χ2v) is 4.11. The lowest BCUT2D eigenvalue weighted by molar-refractivity contribution is 0.656. The van der Waals surface area contributed by atoms with Gasteiger partial charge in [0, 0.05) is 5.92 Å². The highest BCUT2D eigenvalue weighted by atomic mass is 16.1. The third kappa shape index (κ3) is 2.05. The van der Waals surface area contributed by atoms with Crippen LogP contribution >= 0.6 is 0 Å². The summed E-state index contributed by atoms with van der Waals surface area (Å²) >= 11 is 0. The van der Waals surface area contributed by atoms with Crippen LogP contribution in [-0.4, -0.2) is 14.8 Å². The van der Waals surface area contributed by atoms with Crippen molar-refractivity contribution in [3.63, 3.8) is 0 Å². The summed E-state index contributed by atoms with van der Waals surface area (Å²) in [6, 6.07) is 9.91. The molecule has 0 amide bonds. The van der Waals surface area contributed by atoms with Crippen molar-refractivity contribution >= 4 is 0 Å². The van der Waals surface area contributed by atoms with Crippen LogP contribution in [0.3, 0.4) is 0 Å². The van der Waals surface area contributed by atoms with E-state index in [1.165, 1.54) is 0 Å². The first-order valence-corrected chi connectivity index (χ1v) is 5.37. The fourth-order valence-electron chi connectivity index (χ4n) is 1.69. The van der Waals surface area contributed by atoms with Gasteiger partial charge < -0.3 is 0 Å². The molecule has 0 spiro atoms. The van der Waals surface area contributed by atoms with Crippen molar-refractivity contribution in [1.82, 2.24) is 14.8 Å². The Labute approximate surface area is 93.9 Å². The van der Waals surface area contributed by atoms with Gasteiger partial charge in [-0.2, -0.15) is 5.10 Å². The van der Waals surface area contributed by atoms with Crippen LogP contribution in [0, 0.1) is 0 Å². The summed E-state index contributed by atoms with van der Waals surface area (Å²) in [7, 11) is 0. The van der Waals surface area contributed by atoms with Gasteiger partial charge >= 0.3 is 5.69 Å². The van der Waals surface area contributed by atoms with E-state index in [0.29, 0.717) is 6.54 Å². The molecule has 0 saturated heterocycles. The molecule has 2 rings (SSSR count). The van der Waals surface area contributed by atoms with Crippen LogP contribution in [0.25, 0.3) is 0 Å². The normalized spacial score (nSPS) is 10.9. The summed E-state index contributed by atoms with van der Waals surface area (Å²) in [4.78, 5) is 11.6. The average molecular weight is 217 g/mol. The minimum atomic E-state index is -0.146. The Morgan fingerprint density at radius 1 is 1.31 bits per heavy atom. The highest BCUT2D eigenvalue weighted by Crippen LogP contribution is 2.10. The zero-order chi connectivity index (χ0) is 11.5. The number of benzene rings is 1. The molecule has 1 heterocycles. The number of aromatic nitrogens is 3. The summed E-state index contributed by atoms with van der Waals surface area (Å²) in [5.41, 5.74) is 0.959. The van der Waals surface area contributed by atoms with Crippen LogP contribution in [0.5, 0.6) is 0 Å². The Hall–Kier alpha value is -1.84. The van der Waals surface area contributed by atoms with Crippen LogP contribution in [-0.2, 0) is 6.54 Å². The number of rotatable bonds is 3. The first-order valence-electron chi connectivity index (χ1n) is 5.37. The van der Waals surface area contributed by atoms with E-state index in [-0.39, 0.29) is 11.6 Å². The zero-order valence-electron chi connectivity index (χ0n) is 9.47. The molecule has 0 radical (unpaired) electrons. The molecular weight excluding hydrogens is 202 g/mol. The third-order valence-electron chi connectivity index (χ3n) is 2.49. The Morgan fingerprint density at radius 2 is 2.00 bits per heavy atom. The quantitative estimate of drug-likeness (QED) is 0.851. The minimum Gasteiger partial charge on any atom is -0.274 e. The van der Waals surface area contributed by atoms with Crippen molar-refractivity contribution in [2.75, 3.05) is 0 Å². The molecule has 0 aliphatic rings. The van der Waals surface area contributed by atoms with Gasteiger partial charge in [-0.3, -0.25) is 4.57 Å². The van der Waals surface area contributed by atoms with Gasteiger partial charge in [0.15, 0.2) is 0 Å². The highest BCUT2D eigenvalue weighted by Gasteiger charge is 2.11. The molecule has 0 aliphatic heterocycles. The maximum atomic E-state index is 11.6. The van der Waals surface area contributed by atoms with Gasteiger partial charge in [-0.25, -0.2) is 9.89 Å². The van der Waals surface area contributed by atoms with Crippen LogP contribution in [0.2, 0.25) is 0 Å². The van der Waals surface area contributed by atoms with E-state index in [1.54, 1.807) is 4.57 Å². The number of hydrogen-bond donors (Lipinski definition) is 1. The molecule has 16 heavy (non-hydrogen) atoms. The van der Waals surface area contributed by atoms with Crippen molar-refractivity contribution in [2.24, 2.45) is 0 Å². The minimum absolute atomic E-state index is 0.146. The van der Waals surface area contributed by atoms with Gasteiger partial charge in [0.1, 0.15) is 5.82 Å². The molecule has 4 nitrogen and oxygen atoms in total. The average Bonchev–Trinajstić information content (AvgIpc) is 2.62. The molecule has 0 fully saturated rings. The lowest BCUT2D eigenvalue weighted by Crippen LogP contribution is -2.20. The summed E-state index contributed by atoms with van der Waals surface area (Å²) in [5.74, 6) is 1.04. The van der Waals surface area contributed by atoms with Crippen LogP contribution in [0.15, 0.2) is 35.1 Å². The summed E-state index contributed by atoms with van der Waals surface area (Å²) < 4.78 is 1.68. The van der Waals surface area contributed by atoms with E-state index in [9.17, 15) is 4.79 Å². The van der Waals surface area contributed by atoms with E-state index in [4.69, 9.17) is 0 Å². The highest BCUT2D eigenvalue weighted by molar-refractivity contribution is 5.15. The summed E-state index contributed by atoms with van der Waals surface area (Å²) in [6.07, 6.45) is 0. The first kappa shape index (κ1) is 10.7. The molecule has 1 aromatic carbocycles. The molecule has 0 unspecified atom stereocenters. The number of aromatic amines is 1. The maximum absolute atomic E-state index is 11.6. The number of nitrogens with zero attached hydrogens (tertiary/aromatic N) is 2. The largest absolute Gasteiger partial charge is 0.343 e. The van der Waals surface area contributed by atoms with Gasteiger partial charge in [-0.15, -0.1) is 0 Å². The predicted molar refractivity (Wildman–Crippen MR) is 62.5 cm³/mol. The van der Waals surface area contributed by atoms with E-state index in [0.717, 1.165) is 11.4 Å². The molecule has 84 valence electrons. The van der Waals surface area contributed by atoms with Gasteiger partial charge in [0.2, 0.25) is 0 Å².